The molecule has 2 saturated carbocycles. The van der Waals surface area contributed by atoms with E-state index >= 15 is 0 Å². The van der Waals surface area contributed by atoms with Gasteiger partial charge in [0.1, 0.15) is 0 Å². The van der Waals surface area contributed by atoms with Crippen LogP contribution < -0.4 is 11.4 Å². The summed E-state index contributed by atoms with van der Waals surface area (Å²) in [5, 5.41) is 0. The molecule has 33 heavy (non-hydrogen) atoms. The van der Waals surface area contributed by atoms with Crippen LogP contribution in [0.3, 0.4) is 0 Å². The average Bonchev–Trinajstić information content (AvgIpc) is 3.26. The highest BCUT2D eigenvalue weighted by Gasteiger charge is 2.65. The summed E-state index contributed by atoms with van der Waals surface area (Å²) >= 11 is 0. The van der Waals surface area contributed by atoms with Gasteiger partial charge in [-0.25, -0.2) is 23.5 Å². The SMILES string of the molecule is CC1=C(c2ccccc2)[C@]2(C)[C@H]1[C@@H]1C=C[C@@H]2n2c(=O)n([C@@H]3C[C@@H]4CC[C@]3(C)C4(C)C)c(=O)n21. The van der Waals surface area contributed by atoms with Gasteiger partial charge in [0, 0.05) is 17.4 Å². The zero-order chi connectivity index (χ0) is 23.1. The number of allylic oxidation sites excluding steroid dienone is 4. The summed E-state index contributed by atoms with van der Waals surface area (Å²) in [5.41, 5.74) is 3.69. The fourth-order valence-corrected chi connectivity index (χ4v) is 9.11. The van der Waals surface area contributed by atoms with Crippen molar-refractivity contribution in [3.63, 3.8) is 0 Å². The molecule has 0 amide bonds. The minimum atomic E-state index is -0.175. The monoisotopic (exact) mass is 443 g/mol. The fourth-order valence-electron chi connectivity index (χ4n) is 9.11. The van der Waals surface area contributed by atoms with Gasteiger partial charge in [-0.15, -0.1) is 0 Å². The Morgan fingerprint density at radius 2 is 1.64 bits per heavy atom. The lowest BCUT2D eigenvalue weighted by atomic mass is 9.48. The van der Waals surface area contributed by atoms with Gasteiger partial charge in [0.25, 0.3) is 0 Å². The first-order chi connectivity index (χ1) is 15.6. The summed E-state index contributed by atoms with van der Waals surface area (Å²) in [7, 11) is 0. The van der Waals surface area contributed by atoms with Gasteiger partial charge in [-0.3, -0.25) is 0 Å². The molecular formula is C28H33N3O2. The number of fused-ring (bicyclic) bond motifs is 2. The Morgan fingerprint density at radius 1 is 0.939 bits per heavy atom. The molecular weight excluding hydrogens is 410 g/mol. The molecule has 1 aromatic carbocycles. The van der Waals surface area contributed by atoms with Gasteiger partial charge in [0.15, 0.2) is 0 Å². The summed E-state index contributed by atoms with van der Waals surface area (Å²) in [6.45, 7) is 11.5. The van der Waals surface area contributed by atoms with E-state index in [4.69, 9.17) is 0 Å². The molecule has 172 valence electrons. The van der Waals surface area contributed by atoms with Crippen molar-refractivity contribution < 1.29 is 0 Å². The molecule has 1 aromatic heterocycles. The lowest BCUT2D eigenvalue weighted by Crippen LogP contribution is -2.59. The van der Waals surface area contributed by atoms with E-state index in [1.54, 1.807) is 4.57 Å². The van der Waals surface area contributed by atoms with E-state index in [-0.39, 0.29) is 51.7 Å². The number of benzene rings is 1. The molecule has 4 bridgehead atoms. The topological polar surface area (TPSA) is 48.9 Å². The van der Waals surface area contributed by atoms with Crippen LogP contribution in [0.1, 0.15) is 77.6 Å². The van der Waals surface area contributed by atoms with Crippen molar-refractivity contribution in [2.45, 2.75) is 72.0 Å². The van der Waals surface area contributed by atoms with Crippen molar-refractivity contribution in [3.8, 4) is 0 Å². The predicted octanol–water partition coefficient (Wildman–Crippen LogP) is 4.97. The third-order valence-electron chi connectivity index (χ3n) is 11.2. The van der Waals surface area contributed by atoms with Crippen LogP contribution in [0.4, 0.5) is 0 Å². The van der Waals surface area contributed by atoms with Crippen LogP contribution in [0.2, 0.25) is 0 Å². The zero-order valence-electron chi connectivity index (χ0n) is 20.2. The molecule has 0 saturated heterocycles. The quantitative estimate of drug-likeness (QED) is 0.615. The highest BCUT2D eigenvalue weighted by Crippen LogP contribution is 2.70. The zero-order valence-corrected chi connectivity index (χ0v) is 20.2. The summed E-state index contributed by atoms with van der Waals surface area (Å²) in [5.74, 6) is 0.834. The Kier molecular flexibility index (Phi) is 3.45. The molecule has 4 aliphatic carbocycles. The van der Waals surface area contributed by atoms with Gasteiger partial charge in [0.2, 0.25) is 0 Å². The van der Waals surface area contributed by atoms with Crippen LogP contribution in [0, 0.1) is 28.1 Å². The smallest absolute Gasteiger partial charge is 0.246 e. The molecule has 0 radical (unpaired) electrons. The van der Waals surface area contributed by atoms with Crippen molar-refractivity contribution >= 4 is 5.57 Å². The standard InChI is InChI=1S/C28H33N3O2/c1-16-22(17-9-7-6-8-10-17)28(5)20-12-11-19(23(16)28)30-24(32)29(25(33)31(20)30)21-15-18-13-14-27(21,4)26(18,2)3/h6-12,18-21,23H,13-15H2,1-5H3/t18-,19-,20-,21+,23+,27-,28+/m0/s1. The van der Waals surface area contributed by atoms with Gasteiger partial charge < -0.3 is 0 Å². The maximum absolute atomic E-state index is 14.0. The van der Waals surface area contributed by atoms with Gasteiger partial charge in [-0.2, -0.15) is 0 Å². The molecule has 5 nitrogen and oxygen atoms in total. The Hall–Kier alpha value is -2.56. The van der Waals surface area contributed by atoms with Crippen LogP contribution in [-0.4, -0.2) is 13.9 Å². The normalized spacial score (nSPS) is 41.3. The second-order valence-electron chi connectivity index (χ2n) is 12.3. The summed E-state index contributed by atoms with van der Waals surface area (Å²) in [4.78, 5) is 28.0. The summed E-state index contributed by atoms with van der Waals surface area (Å²) in [6.07, 6.45) is 7.61. The van der Waals surface area contributed by atoms with Gasteiger partial charge in [0.05, 0.1) is 12.1 Å². The van der Waals surface area contributed by atoms with E-state index in [1.165, 1.54) is 23.1 Å². The lowest BCUT2D eigenvalue weighted by Gasteiger charge is -2.61. The first-order valence-corrected chi connectivity index (χ1v) is 12.5. The Balaban J connectivity index is 1.41. The Bertz CT molecular complexity index is 1390. The van der Waals surface area contributed by atoms with Crippen LogP contribution in [0.15, 0.2) is 57.6 Å². The molecule has 8 rings (SSSR count). The highest BCUT2D eigenvalue weighted by molar-refractivity contribution is 5.81. The molecule has 0 unspecified atom stereocenters. The maximum atomic E-state index is 14.0. The highest BCUT2D eigenvalue weighted by atomic mass is 16.2. The van der Waals surface area contributed by atoms with Gasteiger partial charge >= 0.3 is 11.4 Å². The Morgan fingerprint density at radius 3 is 2.27 bits per heavy atom. The molecule has 5 heteroatoms. The summed E-state index contributed by atoms with van der Waals surface area (Å²) < 4.78 is 5.30. The second kappa shape index (κ2) is 5.73. The first-order valence-electron chi connectivity index (χ1n) is 12.5. The first kappa shape index (κ1) is 19.9. The molecule has 2 fully saturated rings. The molecule has 3 heterocycles. The van der Waals surface area contributed by atoms with Crippen molar-refractivity contribution in [1.29, 1.82) is 0 Å². The third-order valence-corrected chi connectivity index (χ3v) is 11.2. The Labute approximate surface area is 194 Å². The predicted molar refractivity (Wildman–Crippen MR) is 129 cm³/mol. The fraction of sp³-hybridized carbons (Fsp3) is 0.571. The van der Waals surface area contributed by atoms with E-state index in [0.29, 0.717) is 5.92 Å². The number of nitrogens with zero attached hydrogens (tertiary/aromatic N) is 3. The molecule has 7 atom stereocenters. The minimum absolute atomic E-state index is 0.00985. The summed E-state index contributed by atoms with van der Waals surface area (Å²) in [6, 6.07) is 10.3. The largest absolute Gasteiger partial charge is 0.348 e. The lowest BCUT2D eigenvalue weighted by molar-refractivity contribution is 0.0566. The second-order valence-corrected chi connectivity index (χ2v) is 12.3. The van der Waals surface area contributed by atoms with Crippen LogP contribution in [0.25, 0.3) is 5.57 Å². The molecule has 0 spiro atoms. The van der Waals surface area contributed by atoms with Crippen LogP contribution >= 0.6 is 0 Å². The molecule has 2 aromatic rings. The van der Waals surface area contributed by atoms with E-state index in [2.05, 4.69) is 71.0 Å². The number of aromatic nitrogens is 3. The van der Waals surface area contributed by atoms with Crippen molar-refractivity contribution in [2.75, 3.05) is 0 Å². The van der Waals surface area contributed by atoms with Crippen LogP contribution in [0.5, 0.6) is 0 Å². The van der Waals surface area contributed by atoms with Crippen molar-refractivity contribution in [1.82, 2.24) is 13.9 Å². The number of hydrogen-bond acceptors (Lipinski definition) is 2. The number of rotatable bonds is 2. The van der Waals surface area contributed by atoms with Crippen molar-refractivity contribution in [2.24, 2.45) is 28.1 Å². The van der Waals surface area contributed by atoms with E-state index in [0.717, 1.165) is 12.8 Å². The molecule has 2 aliphatic heterocycles. The molecule has 0 N–H and O–H groups in total. The maximum Gasteiger partial charge on any atom is 0.348 e. The minimum Gasteiger partial charge on any atom is -0.246 e. The number of hydrogen-bond donors (Lipinski definition) is 0. The third kappa shape index (κ3) is 1.92. The molecule has 6 aliphatic rings. The average molecular weight is 444 g/mol. The van der Waals surface area contributed by atoms with E-state index in [1.807, 2.05) is 15.4 Å². The van der Waals surface area contributed by atoms with E-state index < -0.39 is 0 Å². The van der Waals surface area contributed by atoms with E-state index in [9.17, 15) is 9.59 Å². The van der Waals surface area contributed by atoms with Gasteiger partial charge in [-0.1, -0.05) is 75.8 Å². The van der Waals surface area contributed by atoms with Gasteiger partial charge in [-0.05, 0) is 54.1 Å². The van der Waals surface area contributed by atoms with Crippen molar-refractivity contribution in [3.05, 3.63) is 74.6 Å². The van der Waals surface area contributed by atoms with Crippen LogP contribution in [-0.2, 0) is 0 Å².